The van der Waals surface area contributed by atoms with Crippen LogP contribution in [0.1, 0.15) is 18.1 Å². The smallest absolute Gasteiger partial charge is 0.165 e. The molecule has 0 aliphatic carbocycles. The summed E-state index contributed by atoms with van der Waals surface area (Å²) in [7, 11) is 0. The molecule has 2 rings (SSSR count). The molecule has 0 aliphatic heterocycles. The molecule has 2 aromatic rings. The largest absolute Gasteiger partial charge is 0.486 e. The first-order chi connectivity index (χ1) is 9.97. The summed E-state index contributed by atoms with van der Waals surface area (Å²) in [5.74, 6) is -2.07. The molecular formula is C16H16F3NO. The van der Waals surface area contributed by atoms with Crippen LogP contribution in [-0.2, 0) is 13.0 Å². The third-order valence-corrected chi connectivity index (χ3v) is 2.99. The van der Waals surface area contributed by atoms with Crippen LogP contribution in [0.4, 0.5) is 13.2 Å². The van der Waals surface area contributed by atoms with Gasteiger partial charge in [-0.25, -0.2) is 13.2 Å². The van der Waals surface area contributed by atoms with Crippen LogP contribution in [0.2, 0.25) is 0 Å². The maximum Gasteiger partial charge on any atom is 0.165 e. The fraction of sp³-hybridized carbons (Fsp3) is 0.250. The lowest BCUT2D eigenvalue weighted by Crippen LogP contribution is -2.17. The average Bonchev–Trinajstić information content (AvgIpc) is 2.39. The van der Waals surface area contributed by atoms with Crippen LogP contribution in [0, 0.1) is 17.5 Å². The molecule has 2 aromatic carbocycles. The highest BCUT2D eigenvalue weighted by Gasteiger charge is 2.11. The second-order valence-electron chi connectivity index (χ2n) is 4.94. The van der Waals surface area contributed by atoms with Gasteiger partial charge in [0.25, 0.3) is 0 Å². The van der Waals surface area contributed by atoms with Gasteiger partial charge in [-0.15, -0.1) is 0 Å². The van der Waals surface area contributed by atoms with Gasteiger partial charge in [0.2, 0.25) is 0 Å². The van der Waals surface area contributed by atoms with Gasteiger partial charge >= 0.3 is 0 Å². The van der Waals surface area contributed by atoms with Crippen LogP contribution >= 0.6 is 0 Å². The van der Waals surface area contributed by atoms with E-state index < -0.39 is 17.5 Å². The Bertz CT molecular complexity index is 609. The summed E-state index contributed by atoms with van der Waals surface area (Å²) in [5.41, 5.74) is 6.16. The van der Waals surface area contributed by atoms with Crippen molar-refractivity contribution < 1.29 is 17.9 Å². The van der Waals surface area contributed by atoms with E-state index in [0.717, 1.165) is 17.7 Å². The molecule has 0 heterocycles. The second-order valence-corrected chi connectivity index (χ2v) is 4.94. The van der Waals surface area contributed by atoms with Gasteiger partial charge in [0, 0.05) is 6.04 Å². The Morgan fingerprint density at radius 2 is 1.71 bits per heavy atom. The Kier molecular flexibility index (Phi) is 4.85. The van der Waals surface area contributed by atoms with E-state index in [1.807, 2.05) is 6.92 Å². The van der Waals surface area contributed by atoms with Gasteiger partial charge in [0.15, 0.2) is 11.6 Å². The minimum Gasteiger partial charge on any atom is -0.486 e. The van der Waals surface area contributed by atoms with Crippen molar-refractivity contribution in [3.63, 3.8) is 0 Å². The van der Waals surface area contributed by atoms with E-state index in [4.69, 9.17) is 10.5 Å². The predicted molar refractivity (Wildman–Crippen MR) is 74.4 cm³/mol. The highest BCUT2D eigenvalue weighted by atomic mass is 19.1. The summed E-state index contributed by atoms with van der Waals surface area (Å²) in [6, 6.07) is 7.87. The first kappa shape index (κ1) is 15.4. The average molecular weight is 295 g/mol. The van der Waals surface area contributed by atoms with Crippen molar-refractivity contribution in [1.82, 2.24) is 0 Å². The maximum absolute atomic E-state index is 13.9. The molecule has 0 aliphatic rings. The molecule has 0 spiro atoms. The minimum atomic E-state index is -0.719. The molecule has 0 radical (unpaired) electrons. The van der Waals surface area contributed by atoms with Crippen LogP contribution in [0.3, 0.4) is 0 Å². The summed E-state index contributed by atoms with van der Waals surface area (Å²) in [4.78, 5) is 0. The zero-order valence-corrected chi connectivity index (χ0v) is 11.6. The first-order valence-corrected chi connectivity index (χ1v) is 6.57. The molecule has 1 unspecified atom stereocenters. The molecule has 0 saturated heterocycles. The zero-order chi connectivity index (χ0) is 15.4. The van der Waals surface area contributed by atoms with E-state index in [-0.39, 0.29) is 24.0 Å². The summed E-state index contributed by atoms with van der Waals surface area (Å²) in [6.07, 6.45) is 0.541. The van der Waals surface area contributed by atoms with Crippen molar-refractivity contribution >= 4 is 0 Å². The van der Waals surface area contributed by atoms with Crippen molar-refractivity contribution in [3.05, 3.63) is 65.0 Å². The van der Waals surface area contributed by atoms with Gasteiger partial charge in [-0.3, -0.25) is 0 Å². The molecule has 1 atom stereocenters. The van der Waals surface area contributed by atoms with E-state index in [0.29, 0.717) is 6.42 Å². The number of nitrogens with two attached hydrogens (primary N) is 1. The predicted octanol–water partition coefficient (Wildman–Crippen LogP) is 3.57. The van der Waals surface area contributed by atoms with Crippen molar-refractivity contribution in [3.8, 4) is 5.75 Å². The van der Waals surface area contributed by atoms with Gasteiger partial charge in [-0.2, -0.15) is 0 Å². The Balaban J connectivity index is 2.10. The summed E-state index contributed by atoms with van der Waals surface area (Å²) in [6.45, 7) is 1.45. The van der Waals surface area contributed by atoms with E-state index >= 15 is 0 Å². The fourth-order valence-corrected chi connectivity index (χ4v) is 1.98. The zero-order valence-electron chi connectivity index (χ0n) is 11.6. The lowest BCUT2D eigenvalue weighted by atomic mass is 10.1. The SMILES string of the molecule is CC(N)Cc1ccc(OCc2c(F)cccc2F)c(F)c1. The highest BCUT2D eigenvalue weighted by molar-refractivity contribution is 5.30. The minimum absolute atomic E-state index is 0.0499. The van der Waals surface area contributed by atoms with Crippen LogP contribution in [0.15, 0.2) is 36.4 Å². The molecule has 2 nitrogen and oxygen atoms in total. The third-order valence-electron chi connectivity index (χ3n) is 2.99. The number of ether oxygens (including phenoxy) is 1. The van der Waals surface area contributed by atoms with Crippen LogP contribution in [0.5, 0.6) is 5.75 Å². The summed E-state index contributed by atoms with van der Waals surface area (Å²) >= 11 is 0. The standard InChI is InChI=1S/C16H16F3NO/c1-10(20)7-11-5-6-16(15(19)8-11)21-9-12-13(17)3-2-4-14(12)18/h2-6,8,10H,7,9,20H2,1H3. The molecule has 0 saturated carbocycles. The van der Waals surface area contributed by atoms with Gasteiger partial charge in [0.05, 0.1) is 5.56 Å². The van der Waals surface area contributed by atoms with Crippen molar-refractivity contribution in [2.45, 2.75) is 26.0 Å². The Morgan fingerprint density at radius 1 is 1.05 bits per heavy atom. The molecule has 21 heavy (non-hydrogen) atoms. The topological polar surface area (TPSA) is 35.2 Å². The number of hydrogen-bond acceptors (Lipinski definition) is 2. The molecule has 0 fully saturated rings. The van der Waals surface area contributed by atoms with Gasteiger partial charge < -0.3 is 10.5 Å². The third kappa shape index (κ3) is 3.98. The molecule has 0 amide bonds. The lowest BCUT2D eigenvalue weighted by Gasteiger charge is -2.11. The van der Waals surface area contributed by atoms with Crippen molar-refractivity contribution in [2.75, 3.05) is 0 Å². The van der Waals surface area contributed by atoms with E-state index in [2.05, 4.69) is 0 Å². The summed E-state index contributed by atoms with van der Waals surface area (Å²) < 4.78 is 45.9. The summed E-state index contributed by atoms with van der Waals surface area (Å²) in [5, 5.41) is 0. The number of rotatable bonds is 5. The van der Waals surface area contributed by atoms with Gasteiger partial charge in [-0.05, 0) is 43.2 Å². The van der Waals surface area contributed by atoms with Crippen LogP contribution in [-0.4, -0.2) is 6.04 Å². The number of benzene rings is 2. The normalized spacial score (nSPS) is 12.2. The Hall–Kier alpha value is -2.01. The van der Waals surface area contributed by atoms with Crippen molar-refractivity contribution in [1.29, 1.82) is 0 Å². The first-order valence-electron chi connectivity index (χ1n) is 6.57. The van der Waals surface area contributed by atoms with E-state index in [1.54, 1.807) is 6.07 Å². The van der Waals surface area contributed by atoms with Crippen molar-refractivity contribution in [2.24, 2.45) is 5.73 Å². The highest BCUT2D eigenvalue weighted by Crippen LogP contribution is 2.21. The molecule has 0 bridgehead atoms. The number of halogens is 3. The fourth-order valence-electron chi connectivity index (χ4n) is 1.98. The second kappa shape index (κ2) is 6.63. The van der Waals surface area contributed by atoms with Gasteiger partial charge in [-0.1, -0.05) is 12.1 Å². The molecule has 5 heteroatoms. The molecule has 112 valence electrons. The van der Waals surface area contributed by atoms with Crippen LogP contribution in [0.25, 0.3) is 0 Å². The Labute approximate surface area is 121 Å². The van der Waals surface area contributed by atoms with E-state index in [9.17, 15) is 13.2 Å². The molecular weight excluding hydrogens is 279 g/mol. The molecule has 0 aromatic heterocycles. The number of hydrogen-bond donors (Lipinski definition) is 1. The van der Waals surface area contributed by atoms with Crippen LogP contribution < -0.4 is 10.5 Å². The van der Waals surface area contributed by atoms with E-state index in [1.165, 1.54) is 18.2 Å². The van der Waals surface area contributed by atoms with Gasteiger partial charge in [0.1, 0.15) is 18.2 Å². The Morgan fingerprint density at radius 3 is 2.29 bits per heavy atom. The lowest BCUT2D eigenvalue weighted by molar-refractivity contribution is 0.278. The molecule has 2 N–H and O–H groups in total. The monoisotopic (exact) mass is 295 g/mol. The quantitative estimate of drug-likeness (QED) is 0.915. The maximum atomic E-state index is 13.9.